The summed E-state index contributed by atoms with van der Waals surface area (Å²) in [6.45, 7) is 5.16. The van der Waals surface area contributed by atoms with Crippen molar-refractivity contribution in [2.24, 2.45) is 0 Å². The van der Waals surface area contributed by atoms with Gasteiger partial charge < -0.3 is 4.74 Å². The van der Waals surface area contributed by atoms with E-state index in [0.717, 1.165) is 11.1 Å². The fourth-order valence-corrected chi connectivity index (χ4v) is 2.79. The van der Waals surface area contributed by atoms with E-state index in [0.29, 0.717) is 0 Å². The standard InChI is InChI=1S/C19H17NO3/c1-13(14(2)21)20-17(15-9-5-3-6-10-15)18(23-19(20)22)16-11-7-4-8-12-16/h3-12,17-18H,1H2,2H3/t17-,18+/m0/s1. The molecule has 1 aliphatic heterocycles. The summed E-state index contributed by atoms with van der Waals surface area (Å²) >= 11 is 0. The number of allylic oxidation sites excluding steroid dienone is 1. The second-order valence-electron chi connectivity index (χ2n) is 5.44. The number of carbonyl (C=O) groups excluding carboxylic acids is 2. The highest BCUT2D eigenvalue weighted by Gasteiger charge is 2.45. The normalized spacial score (nSPS) is 20.2. The van der Waals surface area contributed by atoms with Crippen LogP contribution in [0.3, 0.4) is 0 Å². The topological polar surface area (TPSA) is 46.6 Å². The fourth-order valence-electron chi connectivity index (χ4n) is 2.79. The maximum atomic E-state index is 12.4. The van der Waals surface area contributed by atoms with Crippen LogP contribution in [0.5, 0.6) is 0 Å². The third-order valence-corrected chi connectivity index (χ3v) is 3.96. The van der Waals surface area contributed by atoms with Gasteiger partial charge >= 0.3 is 6.09 Å². The smallest absolute Gasteiger partial charge is 0.415 e. The van der Waals surface area contributed by atoms with Gasteiger partial charge in [-0.25, -0.2) is 4.79 Å². The molecule has 0 aliphatic carbocycles. The predicted molar refractivity (Wildman–Crippen MR) is 86.5 cm³/mol. The molecule has 116 valence electrons. The lowest BCUT2D eigenvalue weighted by molar-refractivity contribution is -0.114. The van der Waals surface area contributed by atoms with Crippen molar-refractivity contribution in [1.82, 2.24) is 4.90 Å². The molecular weight excluding hydrogens is 290 g/mol. The second kappa shape index (κ2) is 6.08. The SMILES string of the molecule is C=C(C(C)=O)N1C(=O)O[C@H](c2ccccc2)[C@@H]1c1ccccc1. The van der Waals surface area contributed by atoms with Crippen molar-refractivity contribution in [3.63, 3.8) is 0 Å². The lowest BCUT2D eigenvalue weighted by Crippen LogP contribution is -2.30. The van der Waals surface area contributed by atoms with E-state index in [2.05, 4.69) is 6.58 Å². The summed E-state index contributed by atoms with van der Waals surface area (Å²) in [5.41, 5.74) is 1.92. The molecule has 0 aromatic heterocycles. The van der Waals surface area contributed by atoms with E-state index in [4.69, 9.17) is 4.74 Å². The Morgan fingerprint density at radius 2 is 1.52 bits per heavy atom. The van der Waals surface area contributed by atoms with Crippen LogP contribution < -0.4 is 0 Å². The molecule has 1 amide bonds. The van der Waals surface area contributed by atoms with Gasteiger partial charge in [0.05, 0.1) is 5.70 Å². The van der Waals surface area contributed by atoms with Crippen LogP contribution >= 0.6 is 0 Å². The van der Waals surface area contributed by atoms with Gasteiger partial charge in [-0.15, -0.1) is 0 Å². The molecule has 3 rings (SSSR count). The van der Waals surface area contributed by atoms with Crippen LogP contribution in [0, 0.1) is 0 Å². The highest BCUT2D eigenvalue weighted by atomic mass is 16.6. The Morgan fingerprint density at radius 1 is 1.00 bits per heavy atom. The Bertz CT molecular complexity index is 740. The molecule has 0 N–H and O–H groups in total. The summed E-state index contributed by atoms with van der Waals surface area (Å²) in [6.07, 6.45) is -1.03. The largest absolute Gasteiger partial charge is 0.438 e. The van der Waals surface area contributed by atoms with E-state index >= 15 is 0 Å². The number of carbonyl (C=O) groups is 2. The van der Waals surface area contributed by atoms with Crippen LogP contribution in [0.1, 0.15) is 30.2 Å². The molecule has 4 nitrogen and oxygen atoms in total. The molecule has 1 heterocycles. The van der Waals surface area contributed by atoms with Gasteiger partial charge in [-0.3, -0.25) is 9.69 Å². The first-order valence-corrected chi connectivity index (χ1v) is 7.39. The minimum absolute atomic E-state index is 0.141. The van der Waals surface area contributed by atoms with Gasteiger partial charge in [0, 0.05) is 6.92 Å². The lowest BCUT2D eigenvalue weighted by Gasteiger charge is -2.25. The number of cyclic esters (lactones) is 1. The highest BCUT2D eigenvalue weighted by Crippen LogP contribution is 2.44. The molecule has 0 spiro atoms. The van der Waals surface area contributed by atoms with Crippen molar-refractivity contribution in [3.05, 3.63) is 84.1 Å². The first kappa shape index (κ1) is 15.0. The molecular formula is C19H17NO3. The molecule has 2 aromatic rings. The van der Waals surface area contributed by atoms with E-state index < -0.39 is 18.2 Å². The van der Waals surface area contributed by atoms with Gasteiger partial charge in [0.25, 0.3) is 0 Å². The summed E-state index contributed by atoms with van der Waals surface area (Å²) in [4.78, 5) is 25.5. The Hall–Kier alpha value is -2.88. The third kappa shape index (κ3) is 2.75. The Balaban J connectivity index is 2.09. The minimum atomic E-state index is -0.548. The van der Waals surface area contributed by atoms with E-state index in [1.807, 2.05) is 60.7 Å². The summed E-state index contributed by atoms with van der Waals surface area (Å²) in [7, 11) is 0. The average molecular weight is 307 g/mol. The van der Waals surface area contributed by atoms with E-state index in [1.54, 1.807) is 0 Å². The van der Waals surface area contributed by atoms with Gasteiger partial charge in [-0.1, -0.05) is 67.2 Å². The van der Waals surface area contributed by atoms with Crippen molar-refractivity contribution in [2.75, 3.05) is 0 Å². The zero-order valence-electron chi connectivity index (χ0n) is 12.8. The predicted octanol–water partition coefficient (Wildman–Crippen LogP) is 4.02. The molecule has 2 aromatic carbocycles. The number of hydrogen-bond acceptors (Lipinski definition) is 3. The maximum Gasteiger partial charge on any atom is 0.415 e. The molecule has 1 fully saturated rings. The average Bonchev–Trinajstić information content (AvgIpc) is 2.93. The molecule has 1 aliphatic rings. The summed E-state index contributed by atoms with van der Waals surface area (Å²) in [6, 6.07) is 18.6. The van der Waals surface area contributed by atoms with Crippen molar-refractivity contribution < 1.29 is 14.3 Å². The molecule has 0 saturated carbocycles. The monoisotopic (exact) mass is 307 g/mol. The second-order valence-corrected chi connectivity index (χ2v) is 5.44. The van der Waals surface area contributed by atoms with Crippen molar-refractivity contribution in [1.29, 1.82) is 0 Å². The van der Waals surface area contributed by atoms with Crippen LogP contribution in [0.25, 0.3) is 0 Å². The van der Waals surface area contributed by atoms with E-state index in [1.165, 1.54) is 11.8 Å². The van der Waals surface area contributed by atoms with Crippen LogP contribution in [0.15, 0.2) is 72.9 Å². The van der Waals surface area contributed by atoms with Gasteiger partial charge in [-0.2, -0.15) is 0 Å². The van der Waals surface area contributed by atoms with E-state index in [9.17, 15) is 9.59 Å². The number of Topliss-reactive ketones (excluding diaryl/α,β-unsaturated/α-hetero) is 1. The first-order chi connectivity index (χ1) is 11.1. The Kier molecular flexibility index (Phi) is 3.98. The van der Waals surface area contributed by atoms with Crippen molar-refractivity contribution in [2.45, 2.75) is 19.1 Å². The number of ketones is 1. The molecule has 23 heavy (non-hydrogen) atoms. The summed E-state index contributed by atoms with van der Waals surface area (Å²) in [5.74, 6) is -0.253. The fraction of sp³-hybridized carbons (Fsp3) is 0.158. The molecule has 4 heteroatoms. The van der Waals surface area contributed by atoms with Gasteiger partial charge in [-0.05, 0) is 11.1 Å². The first-order valence-electron chi connectivity index (χ1n) is 7.39. The summed E-state index contributed by atoms with van der Waals surface area (Å²) in [5, 5.41) is 0. The van der Waals surface area contributed by atoms with Crippen molar-refractivity contribution >= 4 is 11.9 Å². The maximum absolute atomic E-state index is 12.4. The molecule has 0 radical (unpaired) electrons. The Labute approximate surface area is 135 Å². The molecule has 0 unspecified atom stereocenters. The number of ether oxygens (including phenoxy) is 1. The van der Waals surface area contributed by atoms with Crippen LogP contribution in [0.2, 0.25) is 0 Å². The zero-order chi connectivity index (χ0) is 16.4. The van der Waals surface area contributed by atoms with Gasteiger partial charge in [0.1, 0.15) is 6.04 Å². The number of benzene rings is 2. The molecule has 2 atom stereocenters. The zero-order valence-corrected chi connectivity index (χ0v) is 12.8. The minimum Gasteiger partial charge on any atom is -0.438 e. The number of amides is 1. The van der Waals surface area contributed by atoms with Crippen molar-refractivity contribution in [3.8, 4) is 0 Å². The number of nitrogens with zero attached hydrogens (tertiary/aromatic N) is 1. The van der Waals surface area contributed by atoms with Gasteiger partial charge in [0.15, 0.2) is 11.9 Å². The van der Waals surface area contributed by atoms with Gasteiger partial charge in [0.2, 0.25) is 0 Å². The summed E-state index contributed by atoms with van der Waals surface area (Å²) < 4.78 is 5.57. The van der Waals surface area contributed by atoms with Crippen LogP contribution in [-0.2, 0) is 9.53 Å². The molecule has 0 bridgehead atoms. The highest BCUT2D eigenvalue weighted by molar-refractivity contribution is 5.96. The van der Waals surface area contributed by atoms with Crippen LogP contribution in [0.4, 0.5) is 4.79 Å². The molecule has 1 saturated heterocycles. The van der Waals surface area contributed by atoms with E-state index in [-0.39, 0.29) is 11.5 Å². The number of rotatable bonds is 4. The third-order valence-electron chi connectivity index (χ3n) is 3.96. The lowest BCUT2D eigenvalue weighted by atomic mass is 9.95. The Morgan fingerprint density at radius 3 is 2.04 bits per heavy atom. The number of hydrogen-bond donors (Lipinski definition) is 0. The van der Waals surface area contributed by atoms with Crippen LogP contribution in [-0.4, -0.2) is 16.8 Å². The quantitative estimate of drug-likeness (QED) is 0.801.